The normalized spacial score (nSPS) is 20.3. The molecule has 2 fully saturated rings. The summed E-state index contributed by atoms with van der Waals surface area (Å²) in [5.41, 5.74) is 7.31. The van der Waals surface area contributed by atoms with Crippen LogP contribution in [0.2, 0.25) is 0 Å². The molecule has 25 heavy (non-hydrogen) atoms. The number of aromatic nitrogens is 4. The molecule has 136 valence electrons. The van der Waals surface area contributed by atoms with Crippen molar-refractivity contribution in [1.82, 2.24) is 19.5 Å². The lowest BCUT2D eigenvalue weighted by atomic mass is 10.1. The molecule has 0 amide bonds. The number of hydrogen-bond acceptors (Lipinski definition) is 7. The van der Waals surface area contributed by atoms with Gasteiger partial charge in [0.25, 0.3) is 6.01 Å². The number of fused-ring (bicyclic) bond motifs is 1. The molecule has 1 aliphatic heterocycles. The van der Waals surface area contributed by atoms with E-state index in [2.05, 4.69) is 15.0 Å². The fourth-order valence-corrected chi connectivity index (χ4v) is 3.25. The van der Waals surface area contributed by atoms with Gasteiger partial charge in [0, 0.05) is 19.8 Å². The Morgan fingerprint density at radius 3 is 2.76 bits per heavy atom. The quantitative estimate of drug-likeness (QED) is 0.780. The molecule has 1 atom stereocenters. The van der Waals surface area contributed by atoms with Crippen LogP contribution in [0.3, 0.4) is 0 Å². The molecule has 1 aliphatic carbocycles. The van der Waals surface area contributed by atoms with Crippen LogP contribution in [0, 0.1) is 11.8 Å². The first-order valence-corrected chi connectivity index (χ1v) is 9.03. The Kier molecular flexibility index (Phi) is 4.61. The van der Waals surface area contributed by atoms with Crippen molar-refractivity contribution in [3.05, 3.63) is 0 Å². The minimum absolute atomic E-state index is 0.318. The van der Waals surface area contributed by atoms with Gasteiger partial charge in [-0.25, -0.2) is 0 Å². The zero-order valence-corrected chi connectivity index (χ0v) is 14.6. The zero-order chi connectivity index (χ0) is 17.2. The van der Waals surface area contributed by atoms with Crippen LogP contribution < -0.4 is 15.2 Å². The lowest BCUT2D eigenvalue weighted by Crippen LogP contribution is -2.09. The van der Waals surface area contributed by atoms with E-state index in [-0.39, 0.29) is 0 Å². The van der Waals surface area contributed by atoms with E-state index in [0.717, 1.165) is 44.9 Å². The van der Waals surface area contributed by atoms with E-state index in [0.29, 0.717) is 41.5 Å². The van der Waals surface area contributed by atoms with E-state index in [9.17, 15) is 0 Å². The molecule has 1 saturated heterocycles. The summed E-state index contributed by atoms with van der Waals surface area (Å²) in [6, 6.07) is 0.823. The fraction of sp³-hybridized carbons (Fsp3) is 0.706. The van der Waals surface area contributed by atoms with Crippen LogP contribution in [0.4, 0.5) is 5.82 Å². The monoisotopic (exact) mass is 347 g/mol. The van der Waals surface area contributed by atoms with Gasteiger partial charge in [-0.05, 0) is 31.1 Å². The number of aryl methyl sites for hydroxylation is 1. The maximum Gasteiger partial charge on any atom is 0.320 e. The van der Waals surface area contributed by atoms with Crippen LogP contribution in [0.15, 0.2) is 0 Å². The Hall–Kier alpha value is -2.09. The second-order valence-electron chi connectivity index (χ2n) is 6.91. The molecule has 2 aromatic heterocycles. The zero-order valence-electron chi connectivity index (χ0n) is 14.6. The van der Waals surface area contributed by atoms with Crippen molar-refractivity contribution in [2.75, 3.05) is 32.7 Å². The molecule has 2 aromatic rings. The van der Waals surface area contributed by atoms with E-state index in [4.69, 9.17) is 19.9 Å². The summed E-state index contributed by atoms with van der Waals surface area (Å²) in [6.45, 7) is 3.05. The van der Waals surface area contributed by atoms with Crippen LogP contribution >= 0.6 is 0 Å². The van der Waals surface area contributed by atoms with Gasteiger partial charge in [-0.2, -0.15) is 15.0 Å². The second kappa shape index (κ2) is 7.03. The number of nitrogens with zero attached hydrogens (tertiary/aromatic N) is 4. The number of ether oxygens (including phenoxy) is 3. The molecular formula is C17H25N5O3. The first-order chi connectivity index (χ1) is 12.2. The summed E-state index contributed by atoms with van der Waals surface area (Å²) < 4.78 is 18.5. The summed E-state index contributed by atoms with van der Waals surface area (Å²) >= 11 is 0. The summed E-state index contributed by atoms with van der Waals surface area (Å²) in [7, 11) is 1.60. The molecule has 0 bridgehead atoms. The number of nitrogen functional groups attached to an aromatic ring is 1. The van der Waals surface area contributed by atoms with Crippen molar-refractivity contribution in [3.8, 4) is 12.0 Å². The van der Waals surface area contributed by atoms with Crippen molar-refractivity contribution in [3.63, 3.8) is 0 Å². The van der Waals surface area contributed by atoms with Gasteiger partial charge in [0.2, 0.25) is 0 Å². The third-order valence-electron chi connectivity index (χ3n) is 4.99. The number of hydrogen-bond donors (Lipinski definition) is 1. The van der Waals surface area contributed by atoms with Crippen LogP contribution in [-0.4, -0.2) is 46.4 Å². The van der Waals surface area contributed by atoms with E-state index in [1.54, 1.807) is 7.11 Å². The van der Waals surface area contributed by atoms with Gasteiger partial charge in [-0.1, -0.05) is 12.8 Å². The largest absolute Gasteiger partial charge is 0.468 e. The molecule has 0 aromatic carbocycles. The van der Waals surface area contributed by atoms with Crippen LogP contribution in [0.5, 0.6) is 12.0 Å². The van der Waals surface area contributed by atoms with E-state index in [1.807, 2.05) is 4.57 Å². The minimum Gasteiger partial charge on any atom is -0.468 e. The van der Waals surface area contributed by atoms with Gasteiger partial charge >= 0.3 is 6.01 Å². The molecule has 3 heterocycles. The highest BCUT2D eigenvalue weighted by atomic mass is 16.5. The predicted molar refractivity (Wildman–Crippen MR) is 92.7 cm³/mol. The van der Waals surface area contributed by atoms with Crippen molar-refractivity contribution < 1.29 is 14.2 Å². The summed E-state index contributed by atoms with van der Waals surface area (Å²) in [5.74, 6) is 1.70. The number of imidazole rings is 1. The molecule has 0 radical (unpaired) electrons. The molecule has 0 spiro atoms. The molecule has 2 N–H and O–H groups in total. The van der Waals surface area contributed by atoms with Crippen molar-refractivity contribution in [2.24, 2.45) is 11.8 Å². The molecule has 1 saturated carbocycles. The maximum atomic E-state index is 6.07. The molecule has 2 aliphatic rings. The van der Waals surface area contributed by atoms with Crippen LogP contribution in [-0.2, 0) is 11.3 Å². The van der Waals surface area contributed by atoms with Crippen molar-refractivity contribution in [2.45, 2.75) is 38.6 Å². The first-order valence-electron chi connectivity index (χ1n) is 9.03. The Labute approximate surface area is 146 Å². The molecule has 8 heteroatoms. The van der Waals surface area contributed by atoms with Gasteiger partial charge in [0.05, 0.1) is 13.7 Å². The number of methoxy groups -OCH3 is 1. The van der Waals surface area contributed by atoms with Gasteiger partial charge in [0.15, 0.2) is 17.0 Å². The van der Waals surface area contributed by atoms with Gasteiger partial charge in [-0.3, -0.25) is 4.57 Å². The molecular weight excluding hydrogens is 322 g/mol. The standard InChI is InChI=1S/C17H25N5O3/c1-23-17-19-13-14(18)20-16(25-9-6-11-2-3-11)21-15(13)22(17)7-4-12-5-8-24-10-12/h11-12H,2-10H2,1H3,(H2,18,20,21)/t12-/m1/s1. The number of nitrogens with two attached hydrogens (primary N) is 1. The predicted octanol–water partition coefficient (Wildman–Crippen LogP) is 2.02. The lowest BCUT2D eigenvalue weighted by Gasteiger charge is -2.11. The molecule has 0 unspecified atom stereocenters. The average Bonchev–Trinajstić information content (AvgIpc) is 3.15. The van der Waals surface area contributed by atoms with Gasteiger partial charge < -0.3 is 19.9 Å². The topological polar surface area (TPSA) is 97.3 Å². The van der Waals surface area contributed by atoms with Gasteiger partial charge in [-0.15, -0.1) is 0 Å². The summed E-state index contributed by atoms with van der Waals surface area (Å²) in [5, 5.41) is 0. The van der Waals surface area contributed by atoms with E-state index < -0.39 is 0 Å². The van der Waals surface area contributed by atoms with Gasteiger partial charge in [0.1, 0.15) is 0 Å². The average molecular weight is 347 g/mol. The van der Waals surface area contributed by atoms with Crippen molar-refractivity contribution >= 4 is 17.0 Å². The number of anilines is 1. The molecule has 8 nitrogen and oxygen atoms in total. The SMILES string of the molecule is COc1nc2c(N)nc(OCCC3CC3)nc2n1CC[C@@H]1CCOC1. The number of rotatable bonds is 8. The summed E-state index contributed by atoms with van der Waals surface area (Å²) in [4.78, 5) is 13.2. The maximum absolute atomic E-state index is 6.07. The Morgan fingerprint density at radius 1 is 1.16 bits per heavy atom. The minimum atomic E-state index is 0.318. The Morgan fingerprint density at radius 2 is 2.04 bits per heavy atom. The smallest absolute Gasteiger partial charge is 0.320 e. The third-order valence-corrected chi connectivity index (χ3v) is 4.99. The highest BCUT2D eigenvalue weighted by molar-refractivity contribution is 5.83. The van der Waals surface area contributed by atoms with E-state index >= 15 is 0 Å². The Bertz CT molecular complexity index is 737. The van der Waals surface area contributed by atoms with Crippen LogP contribution in [0.1, 0.15) is 32.1 Å². The van der Waals surface area contributed by atoms with Crippen molar-refractivity contribution in [1.29, 1.82) is 0 Å². The second-order valence-corrected chi connectivity index (χ2v) is 6.91. The lowest BCUT2D eigenvalue weighted by molar-refractivity contribution is 0.183. The molecule has 4 rings (SSSR count). The first kappa shape index (κ1) is 16.4. The van der Waals surface area contributed by atoms with Crippen LogP contribution in [0.25, 0.3) is 11.2 Å². The highest BCUT2D eigenvalue weighted by Crippen LogP contribution is 2.32. The Balaban J connectivity index is 1.55. The third kappa shape index (κ3) is 3.63. The summed E-state index contributed by atoms with van der Waals surface area (Å²) in [6.07, 6.45) is 5.75. The fourth-order valence-electron chi connectivity index (χ4n) is 3.25. The highest BCUT2D eigenvalue weighted by Gasteiger charge is 2.22. The van der Waals surface area contributed by atoms with E-state index in [1.165, 1.54) is 12.8 Å².